The lowest BCUT2D eigenvalue weighted by atomic mass is 9.90. The van der Waals surface area contributed by atoms with Gasteiger partial charge in [0.05, 0.1) is 15.8 Å². The molecule has 1 fully saturated rings. The van der Waals surface area contributed by atoms with Crippen LogP contribution in [0.3, 0.4) is 0 Å². The van der Waals surface area contributed by atoms with Gasteiger partial charge >= 0.3 is 6.18 Å². The number of nitrogens with one attached hydrogen (secondary N) is 2. The number of aromatic nitrogens is 1. The van der Waals surface area contributed by atoms with Crippen molar-refractivity contribution in [3.05, 3.63) is 46.0 Å². The van der Waals surface area contributed by atoms with Gasteiger partial charge in [0.1, 0.15) is 5.69 Å². The normalized spacial score (nSPS) is 23.6. The van der Waals surface area contributed by atoms with Crippen molar-refractivity contribution < 1.29 is 18.0 Å². The molecule has 1 saturated carbocycles. The van der Waals surface area contributed by atoms with Gasteiger partial charge in [0, 0.05) is 28.2 Å². The van der Waals surface area contributed by atoms with Gasteiger partial charge in [-0.1, -0.05) is 17.7 Å². The summed E-state index contributed by atoms with van der Waals surface area (Å²) in [6.07, 6.45) is 1.39. The van der Waals surface area contributed by atoms with Gasteiger partial charge in [-0.05, 0) is 70.5 Å². The molecule has 1 amide bonds. The van der Waals surface area contributed by atoms with Gasteiger partial charge in [0.2, 0.25) is 0 Å². The molecule has 5 nitrogen and oxygen atoms in total. The number of benzene rings is 1. The van der Waals surface area contributed by atoms with Crippen LogP contribution in [0, 0.1) is 0 Å². The highest BCUT2D eigenvalue weighted by Gasteiger charge is 2.34. The molecule has 2 N–H and O–H groups in total. The molecule has 0 bridgehead atoms. The van der Waals surface area contributed by atoms with Crippen molar-refractivity contribution in [2.24, 2.45) is 0 Å². The first-order valence-electron chi connectivity index (χ1n) is 10.9. The predicted octanol–water partition coefficient (Wildman–Crippen LogP) is 5.65. The molecule has 1 aliphatic carbocycles. The zero-order valence-electron chi connectivity index (χ0n) is 18.4. The van der Waals surface area contributed by atoms with Crippen LogP contribution >= 0.6 is 23.4 Å². The molecule has 1 aliphatic heterocycles. The van der Waals surface area contributed by atoms with Gasteiger partial charge in [-0.15, -0.1) is 11.8 Å². The summed E-state index contributed by atoms with van der Waals surface area (Å²) in [5.74, 6) is -0.0736. The lowest BCUT2D eigenvalue weighted by Crippen LogP contribution is -2.42. The van der Waals surface area contributed by atoms with Crippen LogP contribution in [0.1, 0.15) is 37.8 Å². The first kappa shape index (κ1) is 24.2. The summed E-state index contributed by atoms with van der Waals surface area (Å²) in [6, 6.07) is 5.58. The number of hydrogen-bond donors (Lipinski definition) is 2. The lowest BCUT2D eigenvalue weighted by Gasteiger charge is -2.31. The zero-order valence-corrected chi connectivity index (χ0v) is 19.9. The summed E-state index contributed by atoms with van der Waals surface area (Å²) in [4.78, 5) is 19.3. The van der Waals surface area contributed by atoms with E-state index in [0.29, 0.717) is 22.5 Å². The number of carbonyl (C=O) groups excluding carboxylic acids is 1. The molecule has 10 heteroatoms. The van der Waals surface area contributed by atoms with Crippen LogP contribution in [0.25, 0.3) is 10.9 Å². The fourth-order valence-electron chi connectivity index (χ4n) is 4.30. The maximum atomic E-state index is 13.4. The second kappa shape index (κ2) is 9.72. The van der Waals surface area contributed by atoms with Crippen LogP contribution in [0.4, 0.5) is 18.9 Å². The fourth-order valence-corrected chi connectivity index (χ4v) is 5.53. The number of rotatable bonds is 5. The van der Waals surface area contributed by atoms with Gasteiger partial charge in [-0.2, -0.15) is 13.2 Å². The molecule has 0 spiro atoms. The fraction of sp³-hybridized carbons (Fsp3) is 0.478. The number of alkyl halides is 3. The minimum absolute atomic E-state index is 0.0394. The van der Waals surface area contributed by atoms with Crippen molar-refractivity contribution in [3.63, 3.8) is 0 Å². The van der Waals surface area contributed by atoms with E-state index in [1.54, 1.807) is 17.8 Å². The molecule has 1 unspecified atom stereocenters. The Bertz CT molecular complexity index is 1080. The Morgan fingerprint density at radius 3 is 2.67 bits per heavy atom. The van der Waals surface area contributed by atoms with Crippen molar-refractivity contribution in [2.75, 3.05) is 19.4 Å². The van der Waals surface area contributed by atoms with Crippen molar-refractivity contribution in [1.82, 2.24) is 15.2 Å². The van der Waals surface area contributed by atoms with Crippen LogP contribution in [0.2, 0.25) is 5.02 Å². The second-order valence-electron chi connectivity index (χ2n) is 8.73. The number of pyridine rings is 1. The first-order chi connectivity index (χ1) is 15.6. The maximum absolute atomic E-state index is 13.4. The smallest absolute Gasteiger partial charge is 0.382 e. The molecule has 33 heavy (non-hydrogen) atoms. The van der Waals surface area contributed by atoms with Crippen LogP contribution in [0.5, 0.6) is 0 Å². The summed E-state index contributed by atoms with van der Waals surface area (Å²) >= 11 is 7.66. The van der Waals surface area contributed by atoms with Crippen LogP contribution in [-0.2, 0) is 11.0 Å². The van der Waals surface area contributed by atoms with Crippen molar-refractivity contribution in [1.29, 1.82) is 0 Å². The Kier molecular flexibility index (Phi) is 7.12. The summed E-state index contributed by atoms with van der Waals surface area (Å²) in [5.41, 5.74) is -0.353. The van der Waals surface area contributed by atoms with E-state index in [9.17, 15) is 18.0 Å². The Hall–Kier alpha value is -1.97. The molecule has 178 valence electrons. The molecule has 3 atom stereocenters. The quantitative estimate of drug-likeness (QED) is 0.557. The van der Waals surface area contributed by atoms with Crippen LogP contribution < -0.4 is 10.6 Å². The van der Waals surface area contributed by atoms with E-state index < -0.39 is 11.9 Å². The average molecular weight is 499 g/mol. The molecular weight excluding hydrogens is 473 g/mol. The molecular formula is C23H26ClF3N4OS. The molecule has 2 heterocycles. The topological polar surface area (TPSA) is 57.3 Å². The number of nitrogens with zero attached hydrogens (tertiary/aromatic N) is 2. The zero-order chi connectivity index (χ0) is 23.8. The molecule has 1 aromatic heterocycles. The van der Waals surface area contributed by atoms with E-state index in [-0.39, 0.29) is 28.9 Å². The van der Waals surface area contributed by atoms with E-state index in [1.165, 1.54) is 12.1 Å². The van der Waals surface area contributed by atoms with Crippen LogP contribution in [0.15, 0.2) is 35.2 Å². The van der Waals surface area contributed by atoms with Crippen LogP contribution in [-0.4, -0.2) is 47.3 Å². The van der Waals surface area contributed by atoms with E-state index >= 15 is 0 Å². The number of halogens is 4. The summed E-state index contributed by atoms with van der Waals surface area (Å²) < 4.78 is 40.2. The average Bonchev–Trinajstić information content (AvgIpc) is 3.24. The van der Waals surface area contributed by atoms with Crippen molar-refractivity contribution >= 4 is 45.9 Å². The number of amides is 1. The summed E-state index contributed by atoms with van der Waals surface area (Å²) in [6.45, 7) is 0. The Balaban J connectivity index is 1.47. The largest absolute Gasteiger partial charge is 0.433 e. The Morgan fingerprint density at radius 1 is 1.21 bits per heavy atom. The molecule has 2 aromatic rings. The minimum Gasteiger partial charge on any atom is -0.382 e. The predicted molar refractivity (Wildman–Crippen MR) is 127 cm³/mol. The third-order valence-corrected chi connectivity index (χ3v) is 7.73. The summed E-state index contributed by atoms with van der Waals surface area (Å²) in [5, 5.41) is 7.64. The van der Waals surface area contributed by atoms with Gasteiger partial charge in [-0.25, -0.2) is 4.98 Å². The lowest BCUT2D eigenvalue weighted by molar-refractivity contribution is -0.140. The number of thioether (sulfide) groups is 1. The standard InChI is InChI=1S/C23H26ClF3N4OS/c1-31(2)21-9-8-19(33-21)22(32)29-15-5-3-4-14(11-15)28-18-12-20(23(25,26)27)30-17-7-6-13(24)10-16(17)18/h6-8,10,12,14-15,21H,3-5,9,11H2,1-2H3,(H,28,30)(H,29,32)/t14-,15+,21?/m0/s1. The van der Waals surface area contributed by atoms with Gasteiger partial charge < -0.3 is 10.6 Å². The third-order valence-electron chi connectivity index (χ3n) is 6.00. The third kappa shape index (κ3) is 5.75. The molecule has 1 aromatic carbocycles. The van der Waals surface area contributed by atoms with E-state index in [2.05, 4.69) is 20.5 Å². The number of carbonyl (C=O) groups is 1. The second-order valence-corrected chi connectivity index (χ2v) is 10.4. The summed E-state index contributed by atoms with van der Waals surface area (Å²) in [7, 11) is 3.98. The number of hydrogen-bond acceptors (Lipinski definition) is 5. The molecule has 4 rings (SSSR count). The molecule has 0 radical (unpaired) electrons. The van der Waals surface area contributed by atoms with Crippen molar-refractivity contribution in [2.45, 2.75) is 55.7 Å². The molecule has 2 aliphatic rings. The minimum atomic E-state index is -4.55. The number of fused-ring (bicyclic) bond motifs is 1. The van der Waals surface area contributed by atoms with Gasteiger partial charge in [0.25, 0.3) is 5.91 Å². The molecule has 0 saturated heterocycles. The van der Waals surface area contributed by atoms with E-state index in [1.807, 2.05) is 20.2 Å². The monoisotopic (exact) mass is 498 g/mol. The Morgan fingerprint density at radius 2 is 1.97 bits per heavy atom. The highest BCUT2D eigenvalue weighted by atomic mass is 35.5. The van der Waals surface area contributed by atoms with E-state index in [4.69, 9.17) is 11.6 Å². The van der Waals surface area contributed by atoms with Gasteiger partial charge in [-0.3, -0.25) is 9.69 Å². The van der Waals surface area contributed by atoms with Gasteiger partial charge in [0.15, 0.2) is 0 Å². The number of anilines is 1. The first-order valence-corrected chi connectivity index (χ1v) is 12.1. The van der Waals surface area contributed by atoms with Crippen molar-refractivity contribution in [3.8, 4) is 0 Å². The van der Waals surface area contributed by atoms with E-state index in [0.717, 1.165) is 36.7 Å². The maximum Gasteiger partial charge on any atom is 0.433 e. The SMILES string of the molecule is CN(C)C1CC=C(C(=O)N[C@@H]2CCC[C@H](Nc3cc(C(F)(F)F)nc4ccc(Cl)cc34)C2)S1. The highest BCUT2D eigenvalue weighted by Crippen LogP contribution is 2.36. The highest BCUT2D eigenvalue weighted by molar-refractivity contribution is 8.04. The Labute approximate surface area is 200 Å².